The number of urea groups is 1. The van der Waals surface area contributed by atoms with Gasteiger partial charge in [0.2, 0.25) is 5.88 Å². The second kappa shape index (κ2) is 9.66. The number of fused-ring (bicyclic) bond motifs is 1. The van der Waals surface area contributed by atoms with Crippen LogP contribution >= 0.6 is 0 Å². The predicted octanol–water partition coefficient (Wildman–Crippen LogP) is 5.06. The van der Waals surface area contributed by atoms with Crippen LogP contribution in [0.4, 0.5) is 16.2 Å². The summed E-state index contributed by atoms with van der Waals surface area (Å²) in [7, 11) is 0. The van der Waals surface area contributed by atoms with Gasteiger partial charge in [-0.25, -0.2) is 9.78 Å². The van der Waals surface area contributed by atoms with Crippen molar-refractivity contribution in [3.63, 3.8) is 0 Å². The Morgan fingerprint density at radius 3 is 2.63 bits per heavy atom. The highest BCUT2D eigenvalue weighted by atomic mass is 16.5. The monoisotopic (exact) mass is 473 g/mol. The third kappa shape index (κ3) is 5.06. The van der Waals surface area contributed by atoms with Crippen molar-refractivity contribution in [3.8, 4) is 22.8 Å². The zero-order valence-corrected chi connectivity index (χ0v) is 19.4. The average Bonchev–Trinajstić information content (AvgIpc) is 3.67. The van der Waals surface area contributed by atoms with E-state index in [-0.39, 0.29) is 24.0 Å². The summed E-state index contributed by atoms with van der Waals surface area (Å²) in [5, 5.41) is 12.0. The molecule has 2 amide bonds. The van der Waals surface area contributed by atoms with Gasteiger partial charge in [-0.05, 0) is 48.7 Å². The van der Waals surface area contributed by atoms with Gasteiger partial charge in [0.05, 0.1) is 24.8 Å². The number of aliphatic carboxylic acids is 1. The maximum atomic E-state index is 13.1. The number of pyridine rings is 1. The summed E-state index contributed by atoms with van der Waals surface area (Å²) in [4.78, 5) is 30.1. The number of hydrogen-bond acceptors (Lipinski definition) is 5. The molecule has 1 fully saturated rings. The van der Waals surface area contributed by atoms with Gasteiger partial charge in [0, 0.05) is 29.4 Å². The minimum atomic E-state index is -0.766. The van der Waals surface area contributed by atoms with E-state index in [1.165, 1.54) is 0 Å². The van der Waals surface area contributed by atoms with Crippen molar-refractivity contribution in [3.05, 3.63) is 66.9 Å². The Hall–Kier alpha value is -4.07. The lowest BCUT2D eigenvalue weighted by molar-refractivity contribution is -0.138. The number of benzene rings is 2. The molecule has 1 saturated carbocycles. The standard InChI is InChI=1S/C27H27N3O5/c1-2-21-15-30(27(33)29-20-6-4-3-5-7-20)23-10-8-17(13-24(23)35-21)18-9-11-25(28-14-18)34-16-19-12-22(19)26(31)32/h3-11,13-14,19,21-22H,2,12,15-16H2,1H3,(H,29,33)(H,31,32)/t19-,21?,22+/m1/s1. The van der Waals surface area contributed by atoms with Gasteiger partial charge in [0.25, 0.3) is 0 Å². The van der Waals surface area contributed by atoms with Crippen LogP contribution in [0.3, 0.4) is 0 Å². The fraction of sp³-hybridized carbons (Fsp3) is 0.296. The highest BCUT2D eigenvalue weighted by Gasteiger charge is 2.43. The zero-order chi connectivity index (χ0) is 24.4. The third-order valence-electron chi connectivity index (χ3n) is 6.41. The first-order chi connectivity index (χ1) is 17.0. The van der Waals surface area contributed by atoms with Crippen molar-refractivity contribution in [1.82, 2.24) is 4.98 Å². The lowest BCUT2D eigenvalue weighted by Crippen LogP contribution is -2.45. The zero-order valence-electron chi connectivity index (χ0n) is 19.4. The van der Waals surface area contributed by atoms with Gasteiger partial charge in [-0.2, -0.15) is 0 Å². The molecule has 2 aromatic carbocycles. The largest absolute Gasteiger partial charge is 0.486 e. The molecule has 3 aromatic rings. The van der Waals surface area contributed by atoms with E-state index in [9.17, 15) is 9.59 Å². The van der Waals surface area contributed by atoms with Crippen LogP contribution < -0.4 is 19.7 Å². The number of hydrogen-bond donors (Lipinski definition) is 2. The first-order valence-electron chi connectivity index (χ1n) is 11.8. The Labute approximate surface area is 203 Å². The number of aromatic nitrogens is 1. The molecule has 1 aliphatic carbocycles. The topological polar surface area (TPSA) is 101 Å². The summed E-state index contributed by atoms with van der Waals surface area (Å²) in [6.45, 7) is 2.86. The molecule has 0 radical (unpaired) electrons. The first kappa shape index (κ1) is 22.7. The lowest BCUT2D eigenvalue weighted by Gasteiger charge is -2.34. The second-order valence-corrected chi connectivity index (χ2v) is 8.87. The smallest absolute Gasteiger partial charge is 0.326 e. The van der Waals surface area contributed by atoms with E-state index in [1.807, 2.05) is 61.5 Å². The molecule has 2 N–H and O–H groups in total. The van der Waals surface area contributed by atoms with Crippen molar-refractivity contribution in [2.45, 2.75) is 25.9 Å². The number of ether oxygens (including phenoxy) is 2. The normalized spacial score (nSPS) is 20.4. The Balaban J connectivity index is 1.30. The van der Waals surface area contributed by atoms with Crippen molar-refractivity contribution >= 4 is 23.4 Å². The van der Waals surface area contributed by atoms with E-state index in [0.717, 1.165) is 28.9 Å². The summed E-state index contributed by atoms with van der Waals surface area (Å²) in [6, 6.07) is 18.6. The first-order valence-corrected chi connectivity index (χ1v) is 11.8. The van der Waals surface area contributed by atoms with Crippen molar-refractivity contribution < 1.29 is 24.2 Å². The molecule has 8 nitrogen and oxygen atoms in total. The molecule has 180 valence electrons. The van der Waals surface area contributed by atoms with E-state index in [4.69, 9.17) is 14.6 Å². The van der Waals surface area contributed by atoms with E-state index in [2.05, 4.69) is 10.3 Å². The van der Waals surface area contributed by atoms with E-state index < -0.39 is 5.97 Å². The highest BCUT2D eigenvalue weighted by Crippen LogP contribution is 2.39. The van der Waals surface area contributed by atoms with Gasteiger partial charge in [-0.1, -0.05) is 31.2 Å². The fourth-order valence-electron chi connectivity index (χ4n) is 4.21. The molecule has 8 heteroatoms. The number of carboxylic acid groups (broad SMARTS) is 1. The third-order valence-corrected chi connectivity index (χ3v) is 6.41. The van der Waals surface area contributed by atoms with Crippen LogP contribution in [0, 0.1) is 11.8 Å². The van der Waals surface area contributed by atoms with Gasteiger partial charge in [0.1, 0.15) is 11.9 Å². The molecule has 3 atom stereocenters. The van der Waals surface area contributed by atoms with Gasteiger partial charge >= 0.3 is 12.0 Å². The number of carboxylic acids is 1. The van der Waals surface area contributed by atoms with Gasteiger partial charge in [0.15, 0.2) is 0 Å². The summed E-state index contributed by atoms with van der Waals surface area (Å²) in [6.07, 6.45) is 3.04. The van der Waals surface area contributed by atoms with Crippen LogP contribution in [0.15, 0.2) is 66.9 Å². The Morgan fingerprint density at radius 1 is 1.14 bits per heavy atom. The maximum absolute atomic E-state index is 13.1. The summed E-state index contributed by atoms with van der Waals surface area (Å²) >= 11 is 0. The number of para-hydroxylation sites is 1. The van der Waals surface area contributed by atoms with Gasteiger partial charge in [-0.15, -0.1) is 0 Å². The lowest BCUT2D eigenvalue weighted by atomic mass is 10.0. The number of carbonyl (C=O) groups excluding carboxylic acids is 1. The van der Waals surface area contributed by atoms with E-state index in [0.29, 0.717) is 31.2 Å². The van der Waals surface area contributed by atoms with Crippen LogP contribution in [-0.4, -0.2) is 41.3 Å². The molecule has 0 bridgehead atoms. The van der Waals surface area contributed by atoms with Crippen LogP contribution in [0.2, 0.25) is 0 Å². The summed E-state index contributed by atoms with van der Waals surface area (Å²) < 4.78 is 11.8. The van der Waals surface area contributed by atoms with Crippen LogP contribution in [0.25, 0.3) is 11.1 Å². The molecule has 1 aromatic heterocycles. The van der Waals surface area contributed by atoms with Crippen molar-refractivity contribution in [1.29, 1.82) is 0 Å². The van der Waals surface area contributed by atoms with Gasteiger partial charge < -0.3 is 19.9 Å². The summed E-state index contributed by atoms with van der Waals surface area (Å²) in [5.41, 5.74) is 3.26. The highest BCUT2D eigenvalue weighted by molar-refractivity contribution is 6.03. The number of anilines is 2. The number of nitrogens with one attached hydrogen (secondary N) is 1. The maximum Gasteiger partial charge on any atom is 0.326 e. The molecular formula is C27H27N3O5. The van der Waals surface area contributed by atoms with Crippen molar-refractivity contribution in [2.24, 2.45) is 11.8 Å². The molecular weight excluding hydrogens is 446 g/mol. The molecule has 0 saturated heterocycles. The SMILES string of the molecule is CCC1CN(C(=O)Nc2ccccc2)c2ccc(-c3ccc(OC[C@H]4C[C@@H]4C(=O)O)nc3)cc2O1. The average molecular weight is 474 g/mol. The molecule has 2 heterocycles. The fourth-order valence-corrected chi connectivity index (χ4v) is 4.21. The minimum Gasteiger partial charge on any atom is -0.486 e. The number of amides is 2. The Morgan fingerprint density at radius 2 is 1.94 bits per heavy atom. The molecule has 0 spiro atoms. The van der Waals surface area contributed by atoms with Crippen LogP contribution in [0.1, 0.15) is 19.8 Å². The number of nitrogens with zero attached hydrogens (tertiary/aromatic N) is 2. The van der Waals surface area contributed by atoms with E-state index in [1.54, 1.807) is 17.2 Å². The van der Waals surface area contributed by atoms with Crippen molar-refractivity contribution in [2.75, 3.05) is 23.4 Å². The molecule has 1 unspecified atom stereocenters. The predicted molar refractivity (Wildman–Crippen MR) is 132 cm³/mol. The van der Waals surface area contributed by atoms with E-state index >= 15 is 0 Å². The van der Waals surface area contributed by atoms with Crippen LogP contribution in [-0.2, 0) is 4.79 Å². The summed E-state index contributed by atoms with van der Waals surface area (Å²) in [5.74, 6) is 0.107. The Bertz CT molecular complexity index is 1220. The number of carbonyl (C=O) groups is 2. The Kier molecular flexibility index (Phi) is 6.27. The second-order valence-electron chi connectivity index (χ2n) is 8.87. The molecule has 5 rings (SSSR count). The van der Waals surface area contributed by atoms with Crippen LogP contribution in [0.5, 0.6) is 11.6 Å². The quantitative estimate of drug-likeness (QED) is 0.498. The van der Waals surface area contributed by atoms with Gasteiger partial charge in [-0.3, -0.25) is 9.69 Å². The molecule has 1 aliphatic heterocycles. The minimum absolute atomic E-state index is 0.0559. The molecule has 35 heavy (non-hydrogen) atoms. The number of rotatable bonds is 7. The molecule has 2 aliphatic rings.